The van der Waals surface area contributed by atoms with Crippen molar-refractivity contribution in [3.8, 4) is 0 Å². The molecule has 0 aliphatic heterocycles. The molecule has 0 aliphatic carbocycles. The standard InChI is InChI=1S/BH2.Hf.Nb.H3Si.Ti.Zr/h1H2;;;1H3;;/q+1;-1;;;;. The minimum absolute atomic E-state index is 0. The average molecular weight is 454 g/mol. The van der Waals surface area contributed by atoms with Crippen LogP contribution in [0.4, 0.5) is 0 Å². The van der Waals surface area contributed by atoms with Gasteiger partial charge in [0, 0.05) is 70.3 Å². The van der Waals surface area contributed by atoms with E-state index in [1.807, 2.05) is 0 Å². The SMILES string of the molecule is [BH2][Hf][SiH3].[Nb].[Ti].[Zr]. The van der Waals surface area contributed by atoms with Crippen molar-refractivity contribution in [3.63, 3.8) is 0 Å². The van der Waals surface area contributed by atoms with Crippen LogP contribution >= 0.6 is 0 Å². The Balaban J connectivity index is -0.00000000667. The number of hydrogen-bond acceptors (Lipinski definition) is 0. The van der Waals surface area contributed by atoms with Crippen LogP contribution in [0.25, 0.3) is 0 Å². The van der Waals surface area contributed by atoms with Gasteiger partial charge in [-0.25, -0.2) is 0 Å². The maximum absolute atomic E-state index is 2.38. The summed E-state index contributed by atoms with van der Waals surface area (Å²) < 4.78 is 0. The molecule has 0 nitrogen and oxygen atoms in total. The van der Waals surface area contributed by atoms with Gasteiger partial charge in [0.15, 0.2) is 0 Å². The zero-order valence-corrected chi connectivity index (χ0v) is 15.8. The van der Waals surface area contributed by atoms with Gasteiger partial charge < -0.3 is 0 Å². The second kappa shape index (κ2) is 23.6. The van der Waals surface area contributed by atoms with E-state index in [-0.39, 0.29) is 92.1 Å². The van der Waals surface area contributed by atoms with Crippen LogP contribution in [-0.4, -0.2) is 12.9 Å². The quantitative estimate of drug-likeness (QED) is 0.368. The van der Waals surface area contributed by atoms with Gasteiger partial charge in [0.2, 0.25) is 0 Å². The van der Waals surface area contributed by atoms with Crippen molar-refractivity contribution in [2.24, 2.45) is 0 Å². The molecule has 0 fully saturated rings. The fourth-order valence-electron chi connectivity index (χ4n) is 0. The normalized spacial score (nSPS) is 2.67. The van der Waals surface area contributed by atoms with E-state index >= 15 is 0 Å². The van der Waals surface area contributed by atoms with Crippen molar-refractivity contribution < 1.29 is 92.1 Å². The second-order valence-electron chi connectivity index (χ2n) is 0.500. The fraction of sp³-hybridized carbons (Fsp3) is 0. The second-order valence-corrected chi connectivity index (χ2v) is 12.3. The zero-order chi connectivity index (χ0) is 2.71. The van der Waals surface area contributed by atoms with E-state index in [4.69, 9.17) is 0 Å². The van der Waals surface area contributed by atoms with E-state index in [2.05, 4.69) is 5.43 Å². The molecule has 0 saturated heterocycles. The van der Waals surface area contributed by atoms with Gasteiger partial charge in [-0.3, -0.25) is 0 Å². The molecule has 0 amide bonds. The molecule has 0 aromatic carbocycles. The molecular formula is H5BHfNbSiTiZr. The molecule has 0 aromatic rings. The molecule has 6 heteroatoms. The van der Waals surface area contributed by atoms with Crippen molar-refractivity contribution in [1.29, 1.82) is 0 Å². The molecule has 0 N–H and O–H groups in total. The Bertz CT molecular complexity index is 15.5. The Morgan fingerprint density at radius 2 is 1.50 bits per heavy atom. The minimum atomic E-state index is 0. The van der Waals surface area contributed by atoms with Crippen molar-refractivity contribution in [1.82, 2.24) is 0 Å². The molecule has 0 atom stereocenters. The summed E-state index contributed by atoms with van der Waals surface area (Å²) in [5.41, 5.74) is 2.38. The Hall–Kier alpha value is 3.49. The van der Waals surface area contributed by atoms with Crippen LogP contribution in [-0.2, 0) is 92.1 Å². The Labute approximate surface area is 103 Å². The molecule has 6 heavy (non-hydrogen) atoms. The first-order chi connectivity index (χ1) is 1.41. The summed E-state index contributed by atoms with van der Waals surface area (Å²) in [6.45, 7) is 0. The van der Waals surface area contributed by atoms with Gasteiger partial charge in [0.05, 0.1) is 0 Å². The predicted molar refractivity (Wildman–Crippen MR) is 18.5 cm³/mol. The van der Waals surface area contributed by atoms with E-state index in [9.17, 15) is 0 Å². The van der Waals surface area contributed by atoms with Gasteiger partial charge in [-0.1, -0.05) is 0 Å². The fourth-order valence-corrected chi connectivity index (χ4v) is 0. The molecule has 0 unspecified atom stereocenters. The van der Waals surface area contributed by atoms with Crippen LogP contribution in [0.1, 0.15) is 0 Å². The molecule has 1 radical (unpaired) electrons. The first-order valence-electron chi connectivity index (χ1n) is 1.00. The summed E-state index contributed by atoms with van der Waals surface area (Å²) in [5, 5.41) is 0. The largest absolute Gasteiger partial charge is 0 e. The van der Waals surface area contributed by atoms with E-state index < -0.39 is 0 Å². The minimum Gasteiger partial charge on any atom is 0 e. The van der Waals surface area contributed by atoms with Gasteiger partial charge in [0.1, 0.15) is 0 Å². The molecule has 0 heterocycles. The van der Waals surface area contributed by atoms with E-state index in [0.29, 0.717) is 0 Å². The maximum atomic E-state index is 2.38. The summed E-state index contributed by atoms with van der Waals surface area (Å²) in [4.78, 5) is 0. The van der Waals surface area contributed by atoms with Crippen LogP contribution in [0.15, 0.2) is 0 Å². The smallest absolute Gasteiger partial charge is 0 e. The summed E-state index contributed by atoms with van der Waals surface area (Å²) in [5.74, 6) is 0. The third kappa shape index (κ3) is 25.9. The first-order valence-corrected chi connectivity index (χ1v) is 16.4. The summed E-state index contributed by atoms with van der Waals surface area (Å²) >= 11 is 0.222. The molecule has 0 aromatic heterocycles. The Morgan fingerprint density at radius 3 is 1.50 bits per heavy atom. The molecule has 0 spiro atoms. The topological polar surface area (TPSA) is 0 Å². The number of hydrogen-bond donors (Lipinski definition) is 0. The van der Waals surface area contributed by atoms with Gasteiger partial charge in [-0.15, -0.1) is 0 Å². The Kier molecular flexibility index (Phi) is 89.4. The van der Waals surface area contributed by atoms with Gasteiger partial charge in [0.25, 0.3) is 0 Å². The number of rotatable bonds is 0. The molecule has 0 bridgehead atoms. The zero-order valence-electron chi connectivity index (χ0n) is 3.95. The molecule has 0 rings (SSSR count). The van der Waals surface area contributed by atoms with Crippen molar-refractivity contribution >= 4 is 12.9 Å². The molecular weight excluding hydrogens is 449 g/mol. The monoisotopic (exact) mass is 455 g/mol. The first kappa shape index (κ1) is 22.7. The van der Waals surface area contributed by atoms with Crippen LogP contribution in [0.2, 0.25) is 0 Å². The van der Waals surface area contributed by atoms with Crippen molar-refractivity contribution in [3.05, 3.63) is 0 Å². The Morgan fingerprint density at radius 1 is 1.50 bits per heavy atom. The summed E-state index contributed by atoms with van der Waals surface area (Å²) in [6, 6.07) is 0. The van der Waals surface area contributed by atoms with Crippen LogP contribution in [0.5, 0.6) is 0 Å². The average Bonchev–Trinajstić information content (AvgIpc) is 0.918. The van der Waals surface area contributed by atoms with Crippen LogP contribution < -0.4 is 0 Å². The summed E-state index contributed by atoms with van der Waals surface area (Å²) in [7, 11) is 1.56. The third-order valence-corrected chi connectivity index (χ3v) is 0. The van der Waals surface area contributed by atoms with Gasteiger partial charge in [-0.05, 0) is 0 Å². The predicted octanol–water partition coefficient (Wildman–Crippen LogP) is -2.11. The maximum Gasteiger partial charge on any atom is 0 e. The van der Waals surface area contributed by atoms with E-state index in [0.717, 1.165) is 0 Å². The van der Waals surface area contributed by atoms with E-state index in [1.165, 1.54) is 0 Å². The van der Waals surface area contributed by atoms with Crippen LogP contribution in [0, 0.1) is 0 Å². The van der Waals surface area contributed by atoms with Crippen LogP contribution in [0.3, 0.4) is 0 Å². The molecule has 0 saturated carbocycles. The van der Waals surface area contributed by atoms with Gasteiger partial charge in [-0.2, -0.15) is 0 Å². The van der Waals surface area contributed by atoms with Crippen molar-refractivity contribution in [2.45, 2.75) is 0 Å². The van der Waals surface area contributed by atoms with E-state index in [1.54, 1.807) is 7.43 Å². The van der Waals surface area contributed by atoms with Gasteiger partial charge >= 0.3 is 34.7 Å². The molecule has 0 aliphatic rings. The summed E-state index contributed by atoms with van der Waals surface area (Å²) in [6.07, 6.45) is 0. The molecule has 29 valence electrons. The van der Waals surface area contributed by atoms with Crippen molar-refractivity contribution in [2.75, 3.05) is 0 Å². The third-order valence-electron chi connectivity index (χ3n) is 0.